The highest BCUT2D eigenvalue weighted by atomic mass is 16.5. The summed E-state index contributed by atoms with van der Waals surface area (Å²) in [5.41, 5.74) is 2.79. The maximum Gasteiger partial charge on any atom is 0.309 e. The van der Waals surface area contributed by atoms with E-state index in [1.165, 1.54) is 11.0 Å². The Balaban J connectivity index is 1.80. The lowest BCUT2D eigenvalue weighted by Gasteiger charge is -2.33. The van der Waals surface area contributed by atoms with Crippen LogP contribution in [0, 0.1) is 12.3 Å². The molecular formula is C28H37N3O5. The molecule has 1 amide bonds. The van der Waals surface area contributed by atoms with Crippen molar-refractivity contribution in [2.24, 2.45) is 12.5 Å². The number of aromatic nitrogens is 1. The normalized spacial score (nSPS) is 16.7. The van der Waals surface area contributed by atoms with Crippen LogP contribution in [0.5, 0.6) is 5.75 Å². The maximum absolute atomic E-state index is 13.4. The van der Waals surface area contributed by atoms with Gasteiger partial charge in [0, 0.05) is 31.4 Å². The zero-order valence-electron chi connectivity index (χ0n) is 21.8. The van der Waals surface area contributed by atoms with Crippen molar-refractivity contribution in [2.75, 3.05) is 31.1 Å². The fourth-order valence-electron chi connectivity index (χ4n) is 5.68. The van der Waals surface area contributed by atoms with Crippen LogP contribution >= 0.6 is 0 Å². The molecule has 2 aromatic rings. The lowest BCUT2D eigenvalue weighted by Crippen LogP contribution is -2.40. The molecule has 36 heavy (non-hydrogen) atoms. The molecule has 1 fully saturated rings. The Labute approximate surface area is 212 Å². The minimum absolute atomic E-state index is 0.0290. The number of likely N-dealkylation sites (N-methyl/N-ethyl adjacent to an activating group) is 1. The number of nitrogens with zero attached hydrogens (tertiary/aromatic N) is 2. The SMILES string of the molecule is CCN1CCOc2ccc(-c3c(C)c(C(=O)NCC4(C)CCCCC4)c(=O)n(C)c3CC(=O)O)cc21. The zero-order valence-corrected chi connectivity index (χ0v) is 21.8. The number of carboxylic acid groups (broad SMARTS) is 1. The van der Waals surface area contributed by atoms with Crippen molar-refractivity contribution in [3.8, 4) is 16.9 Å². The Hall–Kier alpha value is -3.29. The van der Waals surface area contributed by atoms with Gasteiger partial charge >= 0.3 is 5.97 Å². The van der Waals surface area contributed by atoms with E-state index in [0.29, 0.717) is 30.0 Å². The monoisotopic (exact) mass is 495 g/mol. The van der Waals surface area contributed by atoms with Crippen molar-refractivity contribution in [2.45, 2.75) is 59.3 Å². The van der Waals surface area contributed by atoms with Gasteiger partial charge in [0.25, 0.3) is 11.5 Å². The van der Waals surface area contributed by atoms with Crippen LogP contribution in [0.2, 0.25) is 0 Å². The Morgan fingerprint density at radius 3 is 2.58 bits per heavy atom. The van der Waals surface area contributed by atoms with E-state index in [9.17, 15) is 19.5 Å². The molecule has 2 heterocycles. The van der Waals surface area contributed by atoms with E-state index in [1.807, 2.05) is 18.2 Å². The molecule has 1 aromatic heterocycles. The van der Waals surface area contributed by atoms with Gasteiger partial charge in [-0.15, -0.1) is 0 Å². The number of fused-ring (bicyclic) bond motifs is 1. The molecule has 0 bridgehead atoms. The molecule has 2 N–H and O–H groups in total. The third-order valence-corrected chi connectivity index (χ3v) is 7.83. The Morgan fingerprint density at radius 1 is 1.19 bits per heavy atom. The predicted octanol–water partition coefficient (Wildman–Crippen LogP) is 3.91. The van der Waals surface area contributed by atoms with Gasteiger partial charge in [-0.05, 0) is 55.4 Å². The molecule has 1 aromatic carbocycles. The van der Waals surface area contributed by atoms with Gasteiger partial charge in [0.05, 0.1) is 18.7 Å². The molecule has 0 spiro atoms. The summed E-state index contributed by atoms with van der Waals surface area (Å²) in [6, 6.07) is 5.73. The van der Waals surface area contributed by atoms with Gasteiger partial charge in [-0.1, -0.05) is 32.3 Å². The number of aliphatic carboxylic acids is 1. The summed E-state index contributed by atoms with van der Waals surface area (Å²) in [7, 11) is 1.54. The lowest BCUT2D eigenvalue weighted by molar-refractivity contribution is -0.136. The molecule has 1 saturated carbocycles. The molecule has 0 atom stereocenters. The standard InChI is InChI=1S/C28H37N3O5/c1-5-31-13-14-36-22-10-9-19(15-20(22)31)24-18(2)25(27(35)30(4)21(24)16-23(32)33)26(34)29-17-28(3)11-7-6-8-12-28/h9-10,15H,5-8,11-14,16-17H2,1-4H3,(H,29,34)(H,32,33). The van der Waals surface area contributed by atoms with Crippen LogP contribution < -0.4 is 20.5 Å². The number of anilines is 1. The number of pyridine rings is 1. The van der Waals surface area contributed by atoms with Crippen LogP contribution in [0.1, 0.15) is 67.6 Å². The van der Waals surface area contributed by atoms with Gasteiger partial charge in [-0.2, -0.15) is 0 Å². The molecule has 4 rings (SSSR count). The first-order valence-corrected chi connectivity index (χ1v) is 12.9. The van der Waals surface area contributed by atoms with Crippen LogP contribution in [0.15, 0.2) is 23.0 Å². The van der Waals surface area contributed by atoms with Crippen LogP contribution in [0.3, 0.4) is 0 Å². The topological polar surface area (TPSA) is 101 Å². The molecule has 194 valence electrons. The largest absolute Gasteiger partial charge is 0.490 e. The van der Waals surface area contributed by atoms with Crippen molar-refractivity contribution in [1.29, 1.82) is 0 Å². The van der Waals surface area contributed by atoms with Gasteiger partial charge in [0.1, 0.15) is 17.9 Å². The number of carbonyl (C=O) groups excluding carboxylic acids is 1. The van der Waals surface area contributed by atoms with Crippen LogP contribution in [-0.2, 0) is 18.3 Å². The van der Waals surface area contributed by atoms with E-state index in [0.717, 1.165) is 55.8 Å². The molecule has 1 aliphatic carbocycles. The van der Waals surface area contributed by atoms with Crippen molar-refractivity contribution < 1.29 is 19.4 Å². The number of amides is 1. The molecule has 0 radical (unpaired) electrons. The summed E-state index contributed by atoms with van der Waals surface area (Å²) >= 11 is 0. The van der Waals surface area contributed by atoms with E-state index in [1.54, 1.807) is 14.0 Å². The Bertz CT molecular complexity index is 1230. The van der Waals surface area contributed by atoms with Crippen LogP contribution in [0.4, 0.5) is 5.69 Å². The predicted molar refractivity (Wildman–Crippen MR) is 140 cm³/mol. The summed E-state index contributed by atoms with van der Waals surface area (Å²) in [5.74, 6) is -0.670. The van der Waals surface area contributed by atoms with Gasteiger partial charge in [-0.25, -0.2) is 0 Å². The highest BCUT2D eigenvalue weighted by molar-refractivity contribution is 5.98. The first kappa shape index (κ1) is 25.8. The van der Waals surface area contributed by atoms with Gasteiger partial charge in [0.15, 0.2) is 0 Å². The average Bonchev–Trinajstić information content (AvgIpc) is 2.86. The second-order valence-electron chi connectivity index (χ2n) is 10.4. The average molecular weight is 496 g/mol. The molecule has 8 heteroatoms. The summed E-state index contributed by atoms with van der Waals surface area (Å²) in [5, 5.41) is 12.7. The fourth-order valence-corrected chi connectivity index (χ4v) is 5.68. The summed E-state index contributed by atoms with van der Waals surface area (Å²) in [4.78, 5) is 40.7. The maximum atomic E-state index is 13.4. The van der Waals surface area contributed by atoms with Crippen molar-refractivity contribution in [3.63, 3.8) is 0 Å². The number of hydrogen-bond donors (Lipinski definition) is 2. The molecule has 8 nitrogen and oxygen atoms in total. The van der Waals surface area contributed by atoms with Crippen molar-refractivity contribution in [3.05, 3.63) is 45.4 Å². The molecule has 0 unspecified atom stereocenters. The van der Waals surface area contributed by atoms with Gasteiger partial charge < -0.3 is 24.6 Å². The molecule has 0 saturated heterocycles. The van der Waals surface area contributed by atoms with Crippen molar-refractivity contribution in [1.82, 2.24) is 9.88 Å². The quantitative estimate of drug-likeness (QED) is 0.604. The third kappa shape index (κ3) is 4.99. The Morgan fingerprint density at radius 2 is 1.92 bits per heavy atom. The minimum Gasteiger partial charge on any atom is -0.490 e. The molecule has 1 aliphatic heterocycles. The van der Waals surface area contributed by atoms with Crippen molar-refractivity contribution >= 4 is 17.6 Å². The van der Waals surface area contributed by atoms with E-state index in [4.69, 9.17) is 4.74 Å². The van der Waals surface area contributed by atoms with Crippen LogP contribution in [-0.4, -0.2) is 47.8 Å². The highest BCUT2D eigenvalue weighted by Gasteiger charge is 2.30. The number of nitrogens with one attached hydrogen (secondary N) is 1. The van der Waals surface area contributed by atoms with E-state index in [-0.39, 0.29) is 17.4 Å². The minimum atomic E-state index is -1.04. The number of carboxylic acids is 1. The molecular weight excluding hydrogens is 458 g/mol. The summed E-state index contributed by atoms with van der Waals surface area (Å²) in [6.45, 7) is 8.69. The number of carbonyl (C=O) groups is 2. The third-order valence-electron chi connectivity index (χ3n) is 7.83. The first-order chi connectivity index (χ1) is 17.1. The lowest BCUT2D eigenvalue weighted by atomic mass is 9.75. The van der Waals surface area contributed by atoms with E-state index >= 15 is 0 Å². The Kier molecular flexibility index (Phi) is 7.43. The van der Waals surface area contributed by atoms with Crippen LogP contribution in [0.25, 0.3) is 11.1 Å². The molecule has 2 aliphatic rings. The second-order valence-corrected chi connectivity index (χ2v) is 10.4. The summed E-state index contributed by atoms with van der Waals surface area (Å²) in [6.07, 6.45) is 5.30. The number of benzene rings is 1. The first-order valence-electron chi connectivity index (χ1n) is 12.9. The highest BCUT2D eigenvalue weighted by Crippen LogP contribution is 2.38. The zero-order chi connectivity index (χ0) is 26.0. The van der Waals surface area contributed by atoms with E-state index in [2.05, 4.69) is 24.1 Å². The smallest absolute Gasteiger partial charge is 0.309 e. The number of rotatable bonds is 7. The number of ether oxygens (including phenoxy) is 1. The van der Waals surface area contributed by atoms with E-state index < -0.39 is 17.4 Å². The second kappa shape index (κ2) is 10.4. The number of hydrogen-bond acceptors (Lipinski definition) is 5. The summed E-state index contributed by atoms with van der Waals surface area (Å²) < 4.78 is 7.14. The fraction of sp³-hybridized carbons (Fsp3) is 0.536. The van der Waals surface area contributed by atoms with Gasteiger partial charge in [-0.3, -0.25) is 14.4 Å². The van der Waals surface area contributed by atoms with Gasteiger partial charge in [0.2, 0.25) is 0 Å².